The largest absolute Gasteiger partial charge is 0.390 e. The standard InChI is InChI=1S/C68H119N11O14/c1-26-31-44(16)57(80)56-61(84)71-48(30-5)63(86)79(32-27-2)52(38-92-33-28-3)66(89)77(24)55(47(19)93-34-29-4)60(83)72-53(42(12)13)67(90)73(20)49(35-39(6)7)59(82)69-45(17)58(81)70-46(18)62(85)74(21)50(36-40(8)9)64(87)75(22)51(37-41(10)11)65(88)76(23)54(43(14)15)68(91)78(56)25/h26,28-29,31,39-57,80H,3-4,27,30,32-38H2,1-2,5-25H3,(H,69,82)(H,70,81)(H,71,84)(H,72,83)/b31-26+/t44-,45+,46-,47-,48+,49+,50+,51+,52-,53+,54+,55?,56+,57-/m1/s1. The number of carbonyl (C=O) groups excluding carboxylic acids is 11. The van der Waals surface area contributed by atoms with Gasteiger partial charge in [-0.05, 0) is 89.4 Å². The predicted octanol–water partition coefficient (Wildman–Crippen LogP) is 3.78. The first-order valence-corrected chi connectivity index (χ1v) is 33.1. The van der Waals surface area contributed by atoms with Gasteiger partial charge in [-0.2, -0.15) is 0 Å². The van der Waals surface area contributed by atoms with E-state index >= 15 is 33.6 Å². The quantitative estimate of drug-likeness (QED) is 0.0762. The Labute approximate surface area is 555 Å². The molecule has 0 bridgehead atoms. The predicted molar refractivity (Wildman–Crippen MR) is 359 cm³/mol. The molecule has 25 heteroatoms. The van der Waals surface area contributed by atoms with Crippen LogP contribution in [-0.2, 0) is 62.2 Å². The maximum atomic E-state index is 15.4. The van der Waals surface area contributed by atoms with E-state index in [1.165, 1.54) is 92.8 Å². The molecular weight excluding hydrogens is 1190 g/mol. The minimum absolute atomic E-state index is 0.0550. The van der Waals surface area contributed by atoms with Crippen molar-refractivity contribution >= 4 is 65.0 Å². The Morgan fingerprint density at radius 3 is 1.42 bits per heavy atom. The highest BCUT2D eigenvalue weighted by Crippen LogP contribution is 2.26. The number of amides is 11. The summed E-state index contributed by atoms with van der Waals surface area (Å²) in [5, 5.41) is 23.2. The van der Waals surface area contributed by atoms with Crippen LogP contribution in [0.4, 0.5) is 0 Å². The lowest BCUT2D eigenvalue weighted by atomic mass is 9.93. The van der Waals surface area contributed by atoms with Crippen LogP contribution in [0.25, 0.3) is 0 Å². The van der Waals surface area contributed by atoms with Crippen molar-refractivity contribution in [2.45, 2.75) is 228 Å². The molecule has 1 fully saturated rings. The van der Waals surface area contributed by atoms with E-state index < -0.39 is 168 Å². The topological polar surface area (TPSA) is 297 Å². The first-order chi connectivity index (χ1) is 43.3. The summed E-state index contributed by atoms with van der Waals surface area (Å²) in [4.78, 5) is 173. The number of nitrogens with one attached hydrogen (secondary N) is 4. The van der Waals surface area contributed by atoms with E-state index in [9.17, 15) is 24.3 Å². The monoisotopic (exact) mass is 1310 g/mol. The molecule has 530 valence electrons. The zero-order valence-corrected chi connectivity index (χ0v) is 60.4. The minimum atomic E-state index is -1.70. The highest BCUT2D eigenvalue weighted by atomic mass is 16.5. The number of rotatable bonds is 22. The van der Waals surface area contributed by atoms with E-state index in [0.29, 0.717) is 6.42 Å². The molecule has 0 saturated carbocycles. The first kappa shape index (κ1) is 84.3. The van der Waals surface area contributed by atoms with Crippen molar-refractivity contribution in [3.05, 3.63) is 37.5 Å². The molecule has 0 aromatic rings. The lowest BCUT2D eigenvalue weighted by Crippen LogP contribution is -2.65. The molecule has 1 rings (SSSR count). The summed E-state index contributed by atoms with van der Waals surface area (Å²) in [6.07, 6.45) is 4.16. The fourth-order valence-electron chi connectivity index (χ4n) is 11.7. The Hall–Kier alpha value is -6.73. The lowest BCUT2D eigenvalue weighted by Gasteiger charge is -2.41. The number of likely N-dealkylation sites (N-methyl/N-ethyl adjacent to an activating group) is 6. The highest BCUT2D eigenvalue weighted by molar-refractivity contribution is 6.00. The van der Waals surface area contributed by atoms with Crippen LogP contribution in [0, 0.1) is 35.5 Å². The van der Waals surface area contributed by atoms with Gasteiger partial charge in [0.1, 0.15) is 66.5 Å². The molecule has 25 nitrogen and oxygen atoms in total. The summed E-state index contributed by atoms with van der Waals surface area (Å²) >= 11 is 0. The van der Waals surface area contributed by atoms with Crippen molar-refractivity contribution in [1.29, 1.82) is 0 Å². The van der Waals surface area contributed by atoms with Gasteiger partial charge in [-0.1, -0.05) is 114 Å². The second-order valence-electron chi connectivity index (χ2n) is 26.9. The van der Waals surface area contributed by atoms with E-state index in [4.69, 9.17) is 9.47 Å². The van der Waals surface area contributed by atoms with Crippen molar-refractivity contribution in [3.8, 4) is 0 Å². The first-order valence-electron chi connectivity index (χ1n) is 33.1. The van der Waals surface area contributed by atoms with Crippen LogP contribution in [-0.4, -0.2) is 252 Å². The molecule has 1 heterocycles. The molecule has 1 aliphatic heterocycles. The van der Waals surface area contributed by atoms with E-state index in [1.807, 2.05) is 41.5 Å². The summed E-state index contributed by atoms with van der Waals surface area (Å²) in [5.41, 5.74) is 0. The van der Waals surface area contributed by atoms with E-state index in [-0.39, 0.29) is 63.2 Å². The van der Waals surface area contributed by atoms with Crippen molar-refractivity contribution < 1.29 is 67.3 Å². The van der Waals surface area contributed by atoms with Gasteiger partial charge >= 0.3 is 0 Å². The Morgan fingerprint density at radius 1 is 0.495 bits per heavy atom. The average Bonchev–Trinajstić information content (AvgIpc) is 0.823. The average molecular weight is 1310 g/mol. The van der Waals surface area contributed by atoms with Gasteiger partial charge < -0.3 is 70.1 Å². The molecule has 14 atom stereocenters. The molecule has 1 saturated heterocycles. The summed E-state index contributed by atoms with van der Waals surface area (Å²) in [5.74, 6) is -10.6. The lowest BCUT2D eigenvalue weighted by molar-refractivity contribution is -0.158. The van der Waals surface area contributed by atoms with E-state index in [2.05, 4.69) is 34.4 Å². The van der Waals surface area contributed by atoms with Crippen LogP contribution in [0.15, 0.2) is 37.5 Å². The molecule has 0 aromatic carbocycles. The summed E-state index contributed by atoms with van der Waals surface area (Å²) in [7, 11) is 8.40. The van der Waals surface area contributed by atoms with Crippen LogP contribution in [0.2, 0.25) is 0 Å². The number of nitrogens with zero attached hydrogens (tertiary/aromatic N) is 7. The number of ether oxygens (including phenoxy) is 2. The number of hydrogen-bond donors (Lipinski definition) is 5. The van der Waals surface area contributed by atoms with Crippen molar-refractivity contribution in [2.24, 2.45) is 35.5 Å². The Kier molecular flexibility index (Phi) is 36.1. The van der Waals surface area contributed by atoms with Gasteiger partial charge in [-0.25, -0.2) is 0 Å². The number of aliphatic hydroxyl groups is 1. The van der Waals surface area contributed by atoms with Crippen molar-refractivity contribution in [2.75, 3.05) is 68.7 Å². The summed E-state index contributed by atoms with van der Waals surface area (Å²) in [6.45, 7) is 36.0. The molecule has 0 aromatic heterocycles. The SMILES string of the molecule is C=CCOC[C@@H]1C(=O)N(C)C([C@@H](C)OCC=C)C(=O)N[C@@H](C(C)C)C(=O)N(C)[C@@H](CC(C)C)C(=O)N[C@@H](C)C(=O)N[C@H](C)C(=O)N(C)[C@@H](CC(C)C)C(=O)N(C)[C@@H](CC(C)C)C(=O)N(C)[C@@H](C(C)C)C(=O)N(C)[C@@H]([C@H](O)[C@H](C)/C=C/C)C(=O)N[C@@H](CC)C(=O)N1CCC. The van der Waals surface area contributed by atoms with Crippen LogP contribution in [0.3, 0.4) is 0 Å². The third kappa shape index (κ3) is 23.6. The third-order valence-electron chi connectivity index (χ3n) is 17.1. The third-order valence-corrected chi connectivity index (χ3v) is 17.1. The van der Waals surface area contributed by atoms with E-state index in [1.54, 1.807) is 74.5 Å². The van der Waals surface area contributed by atoms with Gasteiger partial charge in [-0.3, -0.25) is 52.7 Å². The number of aliphatic hydroxyl groups excluding tert-OH is 1. The fraction of sp³-hybridized carbons (Fsp3) is 0.750. The number of allylic oxidation sites excluding steroid dienone is 1. The molecule has 93 heavy (non-hydrogen) atoms. The normalized spacial score (nSPS) is 26.6. The Balaban J connectivity index is 4.63. The second kappa shape index (κ2) is 39.8. The molecule has 5 N–H and O–H groups in total. The van der Waals surface area contributed by atoms with Gasteiger partial charge in [0.2, 0.25) is 65.0 Å². The van der Waals surface area contributed by atoms with Gasteiger partial charge in [0.15, 0.2) is 0 Å². The molecule has 0 spiro atoms. The van der Waals surface area contributed by atoms with E-state index in [0.717, 1.165) is 9.80 Å². The summed E-state index contributed by atoms with van der Waals surface area (Å²) < 4.78 is 12.0. The molecule has 1 aliphatic rings. The van der Waals surface area contributed by atoms with Crippen LogP contribution in [0.5, 0.6) is 0 Å². The zero-order chi connectivity index (χ0) is 71.8. The molecular formula is C68H119N11O14. The zero-order valence-electron chi connectivity index (χ0n) is 60.4. The Bertz CT molecular complexity index is 2560. The van der Waals surface area contributed by atoms with Crippen molar-refractivity contribution in [1.82, 2.24) is 55.6 Å². The highest BCUT2D eigenvalue weighted by Gasteiger charge is 2.47. The molecule has 0 aliphatic carbocycles. The smallest absolute Gasteiger partial charge is 0.248 e. The fourth-order valence-corrected chi connectivity index (χ4v) is 11.7. The second-order valence-corrected chi connectivity index (χ2v) is 26.9. The van der Waals surface area contributed by atoms with Crippen LogP contribution >= 0.6 is 0 Å². The maximum absolute atomic E-state index is 15.4. The van der Waals surface area contributed by atoms with Crippen molar-refractivity contribution in [3.63, 3.8) is 0 Å². The molecule has 11 amide bonds. The number of carbonyl (C=O) groups is 11. The summed E-state index contributed by atoms with van der Waals surface area (Å²) in [6, 6.07) is -14.7. The van der Waals surface area contributed by atoms with Crippen LogP contribution in [0.1, 0.15) is 150 Å². The molecule has 0 radical (unpaired) electrons. The molecule has 1 unspecified atom stereocenters. The minimum Gasteiger partial charge on any atom is -0.390 e. The maximum Gasteiger partial charge on any atom is 0.248 e. The number of hydrogen-bond acceptors (Lipinski definition) is 14. The van der Waals surface area contributed by atoms with Gasteiger partial charge in [0, 0.05) is 54.7 Å². The Morgan fingerprint density at radius 2 is 0.946 bits per heavy atom. The van der Waals surface area contributed by atoms with Gasteiger partial charge in [0.05, 0.1) is 32.0 Å². The van der Waals surface area contributed by atoms with Crippen LogP contribution < -0.4 is 21.3 Å². The van der Waals surface area contributed by atoms with Gasteiger partial charge in [-0.15, -0.1) is 13.2 Å². The van der Waals surface area contributed by atoms with Gasteiger partial charge in [0.25, 0.3) is 0 Å².